The molecule has 3 heteroatoms. The van der Waals surface area contributed by atoms with Crippen molar-refractivity contribution in [1.29, 1.82) is 0 Å². The third-order valence-electron chi connectivity index (χ3n) is 3.12. The number of benzene rings is 1. The molecule has 17 heavy (non-hydrogen) atoms. The number of hydrogen-bond donors (Lipinski definition) is 0. The van der Waals surface area contributed by atoms with Crippen molar-refractivity contribution < 1.29 is 4.79 Å². The fourth-order valence-corrected chi connectivity index (χ4v) is 2.30. The second-order valence-corrected chi connectivity index (χ2v) is 4.42. The van der Waals surface area contributed by atoms with Gasteiger partial charge in [0, 0.05) is 34.8 Å². The molecule has 0 saturated heterocycles. The van der Waals surface area contributed by atoms with Gasteiger partial charge < -0.3 is 0 Å². The third kappa shape index (κ3) is 1.46. The van der Waals surface area contributed by atoms with E-state index >= 15 is 0 Å². The van der Waals surface area contributed by atoms with Crippen LogP contribution in [0.3, 0.4) is 0 Å². The number of pyridine rings is 1. The standard InChI is InChI=1S/C14H12N2O/c1-8-6-12(17)11-7-10-4-3-5-15-13(10)9(2)14(11)16-8/h3-5,7H,6H2,1-2H3. The number of aryl methyl sites for hydroxylation is 1. The van der Waals surface area contributed by atoms with Crippen LogP contribution in [0.5, 0.6) is 0 Å². The number of carbonyl (C=O) groups excluding carboxylic acids is 1. The lowest BCUT2D eigenvalue weighted by molar-refractivity contribution is 0.1000. The van der Waals surface area contributed by atoms with E-state index in [4.69, 9.17) is 0 Å². The van der Waals surface area contributed by atoms with E-state index in [0.29, 0.717) is 6.42 Å². The van der Waals surface area contributed by atoms with E-state index in [2.05, 4.69) is 9.98 Å². The summed E-state index contributed by atoms with van der Waals surface area (Å²) in [6.45, 7) is 3.87. The minimum Gasteiger partial charge on any atom is -0.294 e. The first kappa shape index (κ1) is 10.1. The van der Waals surface area contributed by atoms with Crippen LogP contribution in [0.1, 0.15) is 29.3 Å². The van der Waals surface area contributed by atoms with Crippen LogP contribution in [0, 0.1) is 6.92 Å². The van der Waals surface area contributed by atoms with Gasteiger partial charge in [-0.25, -0.2) is 0 Å². The average Bonchev–Trinajstić information content (AvgIpc) is 2.31. The zero-order valence-electron chi connectivity index (χ0n) is 9.82. The molecule has 1 aliphatic heterocycles. The highest BCUT2D eigenvalue weighted by atomic mass is 16.1. The van der Waals surface area contributed by atoms with E-state index < -0.39 is 0 Å². The Balaban J connectivity index is 2.44. The Bertz CT molecular complexity index is 671. The molecule has 0 bridgehead atoms. The number of aliphatic imine (C=N–C) groups is 1. The van der Waals surface area contributed by atoms with Crippen molar-refractivity contribution in [2.75, 3.05) is 0 Å². The maximum atomic E-state index is 12.0. The molecule has 84 valence electrons. The van der Waals surface area contributed by atoms with Crippen LogP contribution in [-0.4, -0.2) is 16.5 Å². The first-order chi connectivity index (χ1) is 8.16. The maximum Gasteiger partial charge on any atom is 0.170 e. The minimum atomic E-state index is 0.154. The molecule has 0 amide bonds. The summed E-state index contributed by atoms with van der Waals surface area (Å²) < 4.78 is 0. The Labute approximate surface area is 99.2 Å². The molecule has 1 aromatic carbocycles. The van der Waals surface area contributed by atoms with Gasteiger partial charge in [0.25, 0.3) is 0 Å². The highest BCUT2D eigenvalue weighted by molar-refractivity contribution is 6.17. The number of nitrogens with zero attached hydrogens (tertiary/aromatic N) is 2. The minimum absolute atomic E-state index is 0.154. The second kappa shape index (κ2) is 3.48. The molecule has 0 atom stereocenters. The molecule has 0 spiro atoms. The lowest BCUT2D eigenvalue weighted by atomic mass is 9.95. The maximum absolute atomic E-state index is 12.0. The van der Waals surface area contributed by atoms with Crippen molar-refractivity contribution in [3.63, 3.8) is 0 Å². The predicted octanol–water partition coefficient (Wildman–Crippen LogP) is 3.22. The summed E-state index contributed by atoms with van der Waals surface area (Å²) in [5.74, 6) is 0.154. The smallest absolute Gasteiger partial charge is 0.170 e. The zero-order chi connectivity index (χ0) is 12.0. The van der Waals surface area contributed by atoms with Gasteiger partial charge in [-0.15, -0.1) is 0 Å². The fraction of sp³-hybridized carbons (Fsp3) is 0.214. The number of carbonyl (C=O) groups is 1. The Morgan fingerprint density at radius 3 is 2.94 bits per heavy atom. The van der Waals surface area contributed by atoms with Gasteiger partial charge >= 0.3 is 0 Å². The summed E-state index contributed by atoms with van der Waals surface area (Å²) in [7, 11) is 0. The number of ketones is 1. The highest BCUT2D eigenvalue weighted by Gasteiger charge is 2.21. The molecule has 0 radical (unpaired) electrons. The number of aromatic nitrogens is 1. The van der Waals surface area contributed by atoms with Crippen molar-refractivity contribution in [1.82, 2.24) is 4.98 Å². The first-order valence-corrected chi connectivity index (χ1v) is 5.62. The summed E-state index contributed by atoms with van der Waals surface area (Å²) in [4.78, 5) is 20.9. The van der Waals surface area contributed by atoms with Crippen LogP contribution in [0.4, 0.5) is 5.69 Å². The van der Waals surface area contributed by atoms with E-state index in [1.165, 1.54) is 0 Å². The molecule has 3 rings (SSSR count). The summed E-state index contributed by atoms with van der Waals surface area (Å²) in [5.41, 5.74) is 4.32. The van der Waals surface area contributed by atoms with Gasteiger partial charge in [0.15, 0.2) is 5.78 Å². The van der Waals surface area contributed by atoms with Gasteiger partial charge in [0.1, 0.15) is 0 Å². The molecule has 1 aromatic heterocycles. The molecular weight excluding hydrogens is 212 g/mol. The summed E-state index contributed by atoms with van der Waals surface area (Å²) >= 11 is 0. The summed E-state index contributed by atoms with van der Waals surface area (Å²) in [6.07, 6.45) is 2.20. The van der Waals surface area contributed by atoms with Crippen molar-refractivity contribution in [3.8, 4) is 0 Å². The molecule has 0 aliphatic carbocycles. The molecule has 0 N–H and O–H groups in total. The van der Waals surface area contributed by atoms with Gasteiger partial charge in [-0.3, -0.25) is 14.8 Å². The van der Waals surface area contributed by atoms with Crippen LogP contribution in [-0.2, 0) is 0 Å². The number of Topliss-reactive ketones (excluding diaryl/α,β-unsaturated/α-hetero) is 1. The molecule has 0 unspecified atom stereocenters. The Kier molecular flexibility index (Phi) is 2.08. The third-order valence-corrected chi connectivity index (χ3v) is 3.12. The molecule has 2 heterocycles. The fourth-order valence-electron chi connectivity index (χ4n) is 2.30. The quantitative estimate of drug-likeness (QED) is 0.689. The van der Waals surface area contributed by atoms with E-state index in [0.717, 1.165) is 33.4 Å². The SMILES string of the molecule is CC1=Nc2c(cc3cccnc3c2C)C(=O)C1. The van der Waals surface area contributed by atoms with Gasteiger partial charge in [0.05, 0.1) is 11.2 Å². The Morgan fingerprint density at radius 2 is 2.12 bits per heavy atom. The van der Waals surface area contributed by atoms with Crippen LogP contribution in [0.25, 0.3) is 10.9 Å². The van der Waals surface area contributed by atoms with Gasteiger partial charge in [-0.2, -0.15) is 0 Å². The summed E-state index contributed by atoms with van der Waals surface area (Å²) in [5, 5.41) is 1.01. The molecule has 0 fully saturated rings. The molecule has 1 aliphatic rings. The van der Waals surface area contributed by atoms with Crippen molar-refractivity contribution in [2.45, 2.75) is 20.3 Å². The van der Waals surface area contributed by atoms with E-state index in [1.54, 1.807) is 6.20 Å². The van der Waals surface area contributed by atoms with Crippen molar-refractivity contribution in [2.24, 2.45) is 4.99 Å². The van der Waals surface area contributed by atoms with Crippen LogP contribution in [0.15, 0.2) is 29.4 Å². The second-order valence-electron chi connectivity index (χ2n) is 4.42. The van der Waals surface area contributed by atoms with Gasteiger partial charge in [-0.05, 0) is 26.0 Å². The normalized spacial score (nSPS) is 14.7. The van der Waals surface area contributed by atoms with E-state index in [1.807, 2.05) is 32.0 Å². The van der Waals surface area contributed by atoms with Crippen LogP contribution >= 0.6 is 0 Å². The monoisotopic (exact) mass is 224 g/mol. The average molecular weight is 224 g/mol. The lowest BCUT2D eigenvalue weighted by Crippen LogP contribution is -2.11. The Hall–Kier alpha value is -2.03. The van der Waals surface area contributed by atoms with Crippen LogP contribution < -0.4 is 0 Å². The lowest BCUT2D eigenvalue weighted by Gasteiger charge is -2.15. The zero-order valence-corrected chi connectivity index (χ0v) is 9.82. The molecule has 0 saturated carbocycles. The topological polar surface area (TPSA) is 42.3 Å². The summed E-state index contributed by atoms with van der Waals surface area (Å²) in [6, 6.07) is 5.77. The number of rotatable bonds is 0. The van der Waals surface area contributed by atoms with Crippen molar-refractivity contribution >= 4 is 28.1 Å². The number of fused-ring (bicyclic) bond motifs is 2. The van der Waals surface area contributed by atoms with Gasteiger partial charge in [-0.1, -0.05) is 6.07 Å². The number of hydrogen-bond acceptors (Lipinski definition) is 3. The largest absolute Gasteiger partial charge is 0.294 e. The van der Waals surface area contributed by atoms with Crippen LogP contribution in [0.2, 0.25) is 0 Å². The Morgan fingerprint density at radius 1 is 1.29 bits per heavy atom. The molecular formula is C14H12N2O. The molecule has 3 nitrogen and oxygen atoms in total. The highest BCUT2D eigenvalue weighted by Crippen LogP contribution is 2.34. The first-order valence-electron chi connectivity index (χ1n) is 5.62. The van der Waals surface area contributed by atoms with Gasteiger partial charge in [0.2, 0.25) is 0 Å². The van der Waals surface area contributed by atoms with E-state index in [9.17, 15) is 4.79 Å². The predicted molar refractivity (Wildman–Crippen MR) is 68.2 cm³/mol. The van der Waals surface area contributed by atoms with Crippen molar-refractivity contribution in [3.05, 3.63) is 35.5 Å². The van der Waals surface area contributed by atoms with E-state index in [-0.39, 0.29) is 5.78 Å². The molecule has 2 aromatic rings.